The van der Waals surface area contributed by atoms with Gasteiger partial charge >= 0.3 is 5.76 Å². The maximum atomic E-state index is 12.4. The van der Waals surface area contributed by atoms with Crippen LogP contribution in [0.1, 0.15) is 16.7 Å². The number of hydrogen-bond acceptors (Lipinski definition) is 3. The van der Waals surface area contributed by atoms with Crippen LogP contribution < -0.4 is 4.74 Å². The Labute approximate surface area is 128 Å². The summed E-state index contributed by atoms with van der Waals surface area (Å²) < 4.78 is 53.1. The fourth-order valence-corrected chi connectivity index (χ4v) is 2.78. The molecule has 2 aromatic rings. The number of hydrogen-bond donors (Lipinski definition) is 0. The minimum absolute atomic E-state index is 0.234. The van der Waals surface area contributed by atoms with Crippen molar-refractivity contribution in [3.05, 3.63) is 59.2 Å². The number of halogens is 2. The van der Waals surface area contributed by atoms with Gasteiger partial charge in [0, 0.05) is 0 Å². The summed E-state index contributed by atoms with van der Waals surface area (Å²) in [7, 11) is -4.55. The topological polar surface area (TPSA) is 43.4 Å². The molecule has 0 aromatic heterocycles. The van der Waals surface area contributed by atoms with Crippen LogP contribution >= 0.6 is 0 Å². The maximum Gasteiger partial charge on any atom is 0.341 e. The number of aryl methyl sites for hydroxylation is 2. The summed E-state index contributed by atoms with van der Waals surface area (Å²) >= 11 is 0. The van der Waals surface area contributed by atoms with Gasteiger partial charge in [-0.05, 0) is 54.8 Å². The standard InChI is InChI=1S/C16H16F2O3S/c1-11-7-12(2)9-14(8-11)21-10-13-3-5-15(6-4-13)22(19,20)16(17)18/h3-9,16H,10H2,1-2H3. The first-order chi connectivity index (χ1) is 10.3. The molecule has 0 saturated heterocycles. The van der Waals surface area contributed by atoms with E-state index in [0.717, 1.165) is 11.1 Å². The summed E-state index contributed by atoms with van der Waals surface area (Å²) in [5, 5.41) is 0. The van der Waals surface area contributed by atoms with Crippen molar-refractivity contribution in [2.24, 2.45) is 0 Å². The van der Waals surface area contributed by atoms with Gasteiger partial charge in [-0.15, -0.1) is 0 Å². The van der Waals surface area contributed by atoms with Gasteiger partial charge in [0.15, 0.2) is 0 Å². The molecule has 6 heteroatoms. The van der Waals surface area contributed by atoms with Crippen molar-refractivity contribution < 1.29 is 21.9 Å². The molecular formula is C16H16F2O3S. The summed E-state index contributed by atoms with van der Waals surface area (Å²) in [6.45, 7) is 4.16. The lowest BCUT2D eigenvalue weighted by molar-refractivity contribution is 0.234. The smallest absolute Gasteiger partial charge is 0.341 e. The van der Waals surface area contributed by atoms with Crippen LogP contribution in [0, 0.1) is 13.8 Å². The Kier molecular flexibility index (Phi) is 4.81. The number of ether oxygens (including phenoxy) is 1. The molecule has 22 heavy (non-hydrogen) atoms. The Hall–Kier alpha value is -1.95. The third kappa shape index (κ3) is 3.82. The average Bonchev–Trinajstić information content (AvgIpc) is 2.44. The van der Waals surface area contributed by atoms with Gasteiger partial charge in [-0.3, -0.25) is 0 Å². The predicted octanol–water partition coefficient (Wildman–Crippen LogP) is 3.88. The fraction of sp³-hybridized carbons (Fsp3) is 0.250. The number of alkyl halides is 2. The van der Waals surface area contributed by atoms with E-state index in [2.05, 4.69) is 0 Å². The molecule has 118 valence electrons. The maximum absolute atomic E-state index is 12.4. The predicted molar refractivity (Wildman–Crippen MR) is 79.9 cm³/mol. The van der Waals surface area contributed by atoms with E-state index in [1.165, 1.54) is 24.3 Å². The molecule has 0 fully saturated rings. The first kappa shape index (κ1) is 16.4. The quantitative estimate of drug-likeness (QED) is 0.837. The highest BCUT2D eigenvalue weighted by atomic mass is 32.2. The molecule has 0 saturated carbocycles. The number of sulfone groups is 1. The first-order valence-electron chi connectivity index (χ1n) is 6.61. The zero-order chi connectivity index (χ0) is 16.3. The van der Waals surface area contributed by atoms with Gasteiger partial charge in [0.25, 0.3) is 0 Å². The second-order valence-electron chi connectivity index (χ2n) is 5.06. The van der Waals surface area contributed by atoms with Crippen molar-refractivity contribution in [1.29, 1.82) is 0 Å². The highest BCUT2D eigenvalue weighted by Gasteiger charge is 2.26. The fourth-order valence-electron chi connectivity index (χ4n) is 2.06. The molecule has 0 radical (unpaired) electrons. The largest absolute Gasteiger partial charge is 0.489 e. The van der Waals surface area contributed by atoms with Crippen molar-refractivity contribution in [1.82, 2.24) is 0 Å². The van der Waals surface area contributed by atoms with Crippen LogP contribution in [0.5, 0.6) is 5.75 Å². The van der Waals surface area contributed by atoms with E-state index in [0.29, 0.717) is 11.3 Å². The molecule has 0 heterocycles. The van der Waals surface area contributed by atoms with Gasteiger partial charge in [-0.25, -0.2) is 8.42 Å². The molecule has 0 aliphatic carbocycles. The minimum Gasteiger partial charge on any atom is -0.489 e. The van der Waals surface area contributed by atoms with Crippen molar-refractivity contribution in [2.45, 2.75) is 31.1 Å². The van der Waals surface area contributed by atoms with Crippen LogP contribution in [0.2, 0.25) is 0 Å². The molecule has 0 spiro atoms. The van der Waals surface area contributed by atoms with E-state index >= 15 is 0 Å². The van der Waals surface area contributed by atoms with Gasteiger partial charge in [-0.1, -0.05) is 18.2 Å². The van der Waals surface area contributed by atoms with Crippen LogP contribution in [0.15, 0.2) is 47.4 Å². The van der Waals surface area contributed by atoms with Gasteiger partial charge < -0.3 is 4.74 Å². The highest BCUT2D eigenvalue weighted by molar-refractivity contribution is 7.91. The van der Waals surface area contributed by atoms with Crippen LogP contribution in [-0.4, -0.2) is 14.2 Å². The van der Waals surface area contributed by atoms with Crippen molar-refractivity contribution in [3.63, 3.8) is 0 Å². The molecule has 0 atom stereocenters. The Morgan fingerprint density at radius 3 is 2.05 bits per heavy atom. The first-order valence-corrected chi connectivity index (χ1v) is 8.16. The second kappa shape index (κ2) is 6.44. The molecule has 0 amide bonds. The molecule has 0 aliphatic rings. The lowest BCUT2D eigenvalue weighted by Gasteiger charge is -2.09. The van der Waals surface area contributed by atoms with E-state index in [4.69, 9.17) is 4.74 Å². The van der Waals surface area contributed by atoms with E-state index in [1.54, 1.807) is 0 Å². The molecule has 0 bridgehead atoms. The van der Waals surface area contributed by atoms with Crippen LogP contribution in [-0.2, 0) is 16.4 Å². The average molecular weight is 326 g/mol. The summed E-state index contributed by atoms with van der Waals surface area (Å²) in [4.78, 5) is -0.391. The highest BCUT2D eigenvalue weighted by Crippen LogP contribution is 2.20. The molecule has 0 aliphatic heterocycles. The molecular weight excluding hydrogens is 310 g/mol. The molecule has 0 unspecified atom stereocenters. The molecule has 3 nitrogen and oxygen atoms in total. The van der Waals surface area contributed by atoms with E-state index in [9.17, 15) is 17.2 Å². The van der Waals surface area contributed by atoms with Gasteiger partial charge in [0.2, 0.25) is 9.84 Å². The molecule has 2 rings (SSSR count). The van der Waals surface area contributed by atoms with E-state index in [-0.39, 0.29) is 6.61 Å². The zero-order valence-corrected chi connectivity index (χ0v) is 13.0. The normalized spacial score (nSPS) is 11.7. The molecule has 0 N–H and O–H groups in total. The Morgan fingerprint density at radius 1 is 1.00 bits per heavy atom. The van der Waals surface area contributed by atoms with Gasteiger partial charge in [0.05, 0.1) is 4.90 Å². The van der Waals surface area contributed by atoms with Crippen molar-refractivity contribution in [2.75, 3.05) is 0 Å². The Bertz CT molecular complexity index is 733. The van der Waals surface area contributed by atoms with Crippen molar-refractivity contribution in [3.8, 4) is 5.75 Å². The van der Waals surface area contributed by atoms with Gasteiger partial charge in [-0.2, -0.15) is 8.78 Å². The monoisotopic (exact) mass is 326 g/mol. The number of benzene rings is 2. The summed E-state index contributed by atoms with van der Waals surface area (Å²) in [5.74, 6) is -2.70. The number of rotatable bonds is 5. The van der Waals surface area contributed by atoms with E-state index in [1.807, 2.05) is 32.0 Å². The Morgan fingerprint density at radius 2 is 1.55 bits per heavy atom. The summed E-state index contributed by atoms with van der Waals surface area (Å²) in [5.41, 5.74) is 2.86. The minimum atomic E-state index is -4.55. The third-order valence-corrected chi connectivity index (χ3v) is 4.49. The lowest BCUT2D eigenvalue weighted by atomic mass is 10.1. The van der Waals surface area contributed by atoms with Crippen molar-refractivity contribution >= 4 is 9.84 Å². The van der Waals surface area contributed by atoms with Crippen LogP contribution in [0.25, 0.3) is 0 Å². The Balaban J connectivity index is 2.09. The summed E-state index contributed by atoms with van der Waals surface area (Å²) in [6.07, 6.45) is 0. The summed E-state index contributed by atoms with van der Waals surface area (Å²) in [6, 6.07) is 11.1. The second-order valence-corrected chi connectivity index (χ2v) is 6.98. The lowest BCUT2D eigenvalue weighted by Crippen LogP contribution is -2.11. The molecule has 2 aromatic carbocycles. The van der Waals surface area contributed by atoms with Gasteiger partial charge in [0.1, 0.15) is 12.4 Å². The zero-order valence-electron chi connectivity index (χ0n) is 12.2. The van der Waals surface area contributed by atoms with Crippen LogP contribution in [0.4, 0.5) is 8.78 Å². The SMILES string of the molecule is Cc1cc(C)cc(OCc2ccc(S(=O)(=O)C(F)F)cc2)c1. The van der Waals surface area contributed by atoms with E-state index < -0.39 is 20.5 Å². The van der Waals surface area contributed by atoms with Crippen LogP contribution in [0.3, 0.4) is 0 Å². The third-order valence-electron chi connectivity index (χ3n) is 3.09.